The van der Waals surface area contributed by atoms with E-state index in [0.717, 1.165) is 39.4 Å². The predicted molar refractivity (Wildman–Crippen MR) is 134 cm³/mol. The first-order valence-corrected chi connectivity index (χ1v) is 12.3. The molecule has 1 saturated heterocycles. The average molecular weight is 494 g/mol. The van der Waals surface area contributed by atoms with E-state index in [-0.39, 0.29) is 28.8 Å². The van der Waals surface area contributed by atoms with Gasteiger partial charge < -0.3 is 19.7 Å². The van der Waals surface area contributed by atoms with Crippen LogP contribution in [0.15, 0.2) is 58.9 Å². The summed E-state index contributed by atoms with van der Waals surface area (Å²) < 4.78 is 11.5. The quantitative estimate of drug-likeness (QED) is 0.520. The van der Waals surface area contributed by atoms with Crippen LogP contribution in [0.2, 0.25) is 0 Å². The summed E-state index contributed by atoms with van der Waals surface area (Å²) in [7, 11) is 3.60. The second-order valence-corrected chi connectivity index (χ2v) is 9.80. The minimum Gasteiger partial charge on any atom is -0.481 e. The van der Waals surface area contributed by atoms with E-state index in [2.05, 4.69) is 25.4 Å². The molecule has 1 unspecified atom stereocenters. The number of hydrogen-bond donors (Lipinski definition) is 2. The number of carbonyl (C=O) groups is 1. The number of H-pyrrole nitrogens is 1. The average Bonchev–Trinajstić information content (AvgIpc) is 3.47. The number of benzene rings is 1. The number of ether oxygens (including phenoxy) is 2. The molecule has 9 nitrogen and oxygen atoms in total. The minimum absolute atomic E-state index is 0.00988. The Morgan fingerprint density at radius 1 is 1.31 bits per heavy atom. The summed E-state index contributed by atoms with van der Waals surface area (Å²) in [4.78, 5) is 30.9. The van der Waals surface area contributed by atoms with Crippen molar-refractivity contribution in [3.63, 3.8) is 0 Å². The van der Waals surface area contributed by atoms with Crippen LogP contribution in [0, 0.1) is 0 Å². The molecule has 2 aliphatic rings. The van der Waals surface area contributed by atoms with Crippen molar-refractivity contribution in [3.8, 4) is 5.88 Å². The molecule has 0 radical (unpaired) electrons. The topological polar surface area (TPSA) is 109 Å². The van der Waals surface area contributed by atoms with Crippen LogP contribution in [0.4, 0.5) is 0 Å². The Kier molecular flexibility index (Phi) is 6.76. The van der Waals surface area contributed by atoms with E-state index in [1.54, 1.807) is 7.11 Å². The molecule has 0 bridgehead atoms. The van der Waals surface area contributed by atoms with Gasteiger partial charge in [-0.1, -0.05) is 47.8 Å². The number of aromatic amines is 1. The van der Waals surface area contributed by atoms with Crippen molar-refractivity contribution in [3.05, 3.63) is 74.4 Å². The number of nitrogens with one attached hydrogen (secondary N) is 2. The molecule has 1 aliphatic heterocycles. The number of carbonyl (C=O) groups excluding carboxylic acids is 1. The van der Waals surface area contributed by atoms with Gasteiger partial charge in [-0.05, 0) is 25.1 Å². The second kappa shape index (κ2) is 10.1. The molecule has 5 rings (SSSR count). The van der Waals surface area contributed by atoms with Gasteiger partial charge in [0.15, 0.2) is 0 Å². The molecule has 1 aliphatic carbocycles. The van der Waals surface area contributed by atoms with Crippen molar-refractivity contribution in [2.75, 3.05) is 27.2 Å². The Labute approximate surface area is 206 Å². The molecule has 3 aromatic rings. The first kappa shape index (κ1) is 23.4. The fourth-order valence-corrected chi connectivity index (χ4v) is 5.35. The first-order chi connectivity index (χ1) is 17.0. The fraction of sp³-hybridized carbons (Fsp3) is 0.360. The standard InChI is InChI=1S/C25H27N5O4S/c1-30-12-19(24-28-29-25(32)35-24)21(13-30)27-23(31)15-7-9-17(10-8-15)34-14-16-11-22(33-2)26-20-6-4-3-5-18(16)20/h3-9,11,17,19,21H,10,12-14H2,1-2H3,(H,27,31)(H,29,32)/t17?,19-,21+/m0/s1. The molecule has 0 spiro atoms. The molecule has 1 fully saturated rings. The molecule has 0 saturated carbocycles. The number of rotatable bonds is 7. The van der Waals surface area contributed by atoms with E-state index < -0.39 is 0 Å². The summed E-state index contributed by atoms with van der Waals surface area (Å²) in [5.74, 6) is 0.417. The summed E-state index contributed by atoms with van der Waals surface area (Å²) in [5, 5.41) is 11.5. The van der Waals surface area contributed by atoms with E-state index in [1.807, 2.05) is 55.6 Å². The van der Waals surface area contributed by atoms with E-state index in [4.69, 9.17) is 9.47 Å². The van der Waals surface area contributed by atoms with Crippen LogP contribution in [0.5, 0.6) is 5.88 Å². The first-order valence-electron chi connectivity index (χ1n) is 11.5. The van der Waals surface area contributed by atoms with Crippen LogP contribution in [-0.2, 0) is 16.1 Å². The lowest BCUT2D eigenvalue weighted by Gasteiger charge is -2.21. The van der Waals surface area contributed by atoms with Crippen molar-refractivity contribution < 1.29 is 14.3 Å². The number of likely N-dealkylation sites (N-methyl/N-ethyl adjacent to an activating group) is 1. The molecular weight excluding hydrogens is 466 g/mol. The van der Waals surface area contributed by atoms with Crippen molar-refractivity contribution in [1.29, 1.82) is 0 Å². The molecule has 182 valence electrons. The SMILES string of the molecule is COc1cc(COC2C=CC(C(=O)N[C@@H]3CN(C)C[C@@H]3c3n[nH]c(=O)s3)=CC2)c2ccccc2n1. The van der Waals surface area contributed by atoms with Crippen LogP contribution in [-0.4, -0.2) is 65.4 Å². The Bertz CT molecular complexity index is 1350. The summed E-state index contributed by atoms with van der Waals surface area (Å²) in [6.07, 6.45) is 6.12. The lowest BCUT2D eigenvalue weighted by atomic mass is 10.0. The molecule has 2 N–H and O–H groups in total. The van der Waals surface area contributed by atoms with Gasteiger partial charge >= 0.3 is 4.87 Å². The third-order valence-electron chi connectivity index (χ3n) is 6.35. The maximum Gasteiger partial charge on any atom is 0.322 e. The highest BCUT2D eigenvalue weighted by atomic mass is 32.1. The van der Waals surface area contributed by atoms with Crippen LogP contribution in [0.25, 0.3) is 10.9 Å². The summed E-state index contributed by atoms with van der Waals surface area (Å²) in [5.41, 5.74) is 2.48. The number of nitrogens with zero attached hydrogens (tertiary/aromatic N) is 3. The van der Waals surface area contributed by atoms with Gasteiger partial charge in [-0.15, -0.1) is 0 Å². The highest BCUT2D eigenvalue weighted by Gasteiger charge is 2.35. The summed E-state index contributed by atoms with van der Waals surface area (Å²) in [6, 6.07) is 9.69. The smallest absolute Gasteiger partial charge is 0.322 e. The Hall–Kier alpha value is -3.34. The highest BCUT2D eigenvalue weighted by molar-refractivity contribution is 7.08. The number of aromatic nitrogens is 3. The number of methoxy groups -OCH3 is 1. The number of likely N-dealkylation sites (tertiary alicyclic amines) is 1. The van der Waals surface area contributed by atoms with E-state index >= 15 is 0 Å². The normalized spacial score (nSPS) is 22.3. The fourth-order valence-electron chi connectivity index (χ4n) is 4.58. The van der Waals surface area contributed by atoms with Gasteiger partial charge in [0.1, 0.15) is 5.01 Å². The van der Waals surface area contributed by atoms with Crippen molar-refractivity contribution >= 4 is 28.1 Å². The van der Waals surface area contributed by atoms with Gasteiger partial charge in [-0.3, -0.25) is 9.59 Å². The summed E-state index contributed by atoms with van der Waals surface area (Å²) in [6.45, 7) is 1.85. The second-order valence-electron chi connectivity index (χ2n) is 8.80. The molecular formula is C25H27N5O4S. The van der Waals surface area contributed by atoms with Crippen molar-refractivity contribution in [2.45, 2.75) is 31.1 Å². The van der Waals surface area contributed by atoms with Crippen molar-refractivity contribution in [2.24, 2.45) is 0 Å². The third kappa shape index (κ3) is 5.19. The molecule has 3 heterocycles. The Morgan fingerprint density at radius 2 is 2.17 bits per heavy atom. The molecule has 2 aromatic heterocycles. The zero-order valence-corrected chi connectivity index (χ0v) is 20.4. The number of amides is 1. The van der Waals surface area contributed by atoms with Crippen molar-refractivity contribution in [1.82, 2.24) is 25.4 Å². The van der Waals surface area contributed by atoms with Gasteiger partial charge in [-0.2, -0.15) is 5.10 Å². The van der Waals surface area contributed by atoms with Crippen LogP contribution >= 0.6 is 11.3 Å². The van der Waals surface area contributed by atoms with Gasteiger partial charge in [0.05, 0.1) is 31.4 Å². The zero-order chi connectivity index (χ0) is 24.4. The van der Waals surface area contributed by atoms with E-state index in [0.29, 0.717) is 31.0 Å². The van der Waals surface area contributed by atoms with Gasteiger partial charge in [-0.25, -0.2) is 10.1 Å². The Morgan fingerprint density at radius 3 is 2.91 bits per heavy atom. The van der Waals surface area contributed by atoms with E-state index in [9.17, 15) is 9.59 Å². The monoisotopic (exact) mass is 493 g/mol. The molecule has 35 heavy (non-hydrogen) atoms. The molecule has 10 heteroatoms. The van der Waals surface area contributed by atoms with Crippen LogP contribution < -0.4 is 14.9 Å². The summed E-state index contributed by atoms with van der Waals surface area (Å²) >= 11 is 1.10. The van der Waals surface area contributed by atoms with Crippen LogP contribution in [0.1, 0.15) is 22.9 Å². The predicted octanol–water partition coefficient (Wildman–Crippen LogP) is 2.37. The lowest BCUT2D eigenvalue weighted by molar-refractivity contribution is -0.117. The van der Waals surface area contributed by atoms with Gasteiger partial charge in [0.2, 0.25) is 5.88 Å². The van der Waals surface area contributed by atoms with Gasteiger partial charge in [0.25, 0.3) is 5.91 Å². The maximum atomic E-state index is 12.9. The third-order valence-corrected chi connectivity index (χ3v) is 7.23. The zero-order valence-electron chi connectivity index (χ0n) is 19.6. The number of fused-ring (bicyclic) bond motifs is 1. The maximum absolute atomic E-state index is 12.9. The largest absolute Gasteiger partial charge is 0.481 e. The molecule has 1 aromatic carbocycles. The van der Waals surface area contributed by atoms with Crippen LogP contribution in [0.3, 0.4) is 0 Å². The molecule has 3 atom stereocenters. The molecule has 1 amide bonds. The Balaban J connectivity index is 1.20. The highest BCUT2D eigenvalue weighted by Crippen LogP contribution is 2.28. The number of hydrogen-bond acceptors (Lipinski definition) is 8. The number of para-hydroxylation sites is 1. The lowest BCUT2D eigenvalue weighted by Crippen LogP contribution is -2.40. The number of pyridine rings is 1. The van der Waals surface area contributed by atoms with E-state index in [1.165, 1.54) is 0 Å². The minimum atomic E-state index is -0.179. The van der Waals surface area contributed by atoms with Gasteiger partial charge in [0, 0.05) is 36.0 Å².